The van der Waals surface area contributed by atoms with E-state index in [1.807, 2.05) is 37.8 Å². The van der Waals surface area contributed by atoms with Crippen LogP contribution in [0, 0.1) is 0 Å². The molecule has 0 amide bonds. The molecule has 20 heavy (non-hydrogen) atoms. The zero-order valence-electron chi connectivity index (χ0n) is 12.1. The normalized spacial score (nSPS) is 14.4. The number of benzene rings is 1. The van der Waals surface area contributed by atoms with Crippen molar-refractivity contribution in [2.75, 3.05) is 0 Å². The van der Waals surface area contributed by atoms with Crippen molar-refractivity contribution in [2.45, 2.75) is 37.8 Å². The number of esters is 1. The molecule has 0 aliphatic rings. The number of hydrogen-bond donors (Lipinski definition) is 2. The maximum absolute atomic E-state index is 12.1. The van der Waals surface area contributed by atoms with E-state index in [0.29, 0.717) is 0 Å². The minimum Gasteiger partial charge on any atom is -0.479 e. The third-order valence-corrected chi connectivity index (χ3v) is 4.39. The highest BCUT2D eigenvalue weighted by Crippen LogP contribution is 2.21. The topological polar surface area (TPSA) is 89.6 Å². The van der Waals surface area contributed by atoms with Gasteiger partial charge in [-0.2, -0.15) is 0 Å². The Hall–Kier alpha value is -1.66. The third kappa shape index (κ3) is 4.46. The van der Waals surface area contributed by atoms with Crippen LogP contribution in [-0.2, 0) is 20.9 Å². The van der Waals surface area contributed by atoms with Crippen molar-refractivity contribution in [1.29, 1.82) is 0 Å². The Labute approximate surface area is 119 Å². The van der Waals surface area contributed by atoms with Gasteiger partial charge in [-0.05, 0) is 11.6 Å². The van der Waals surface area contributed by atoms with E-state index in [-0.39, 0.29) is 12.7 Å². The second-order valence-electron chi connectivity index (χ2n) is 6.08. The molecule has 0 saturated heterocycles. The maximum atomic E-state index is 12.1. The van der Waals surface area contributed by atoms with Crippen LogP contribution in [0.3, 0.4) is 0 Å². The van der Waals surface area contributed by atoms with Gasteiger partial charge in [0.05, 0.1) is 0 Å². The molecule has 3 N–H and O–H groups in total. The van der Waals surface area contributed by atoms with Crippen LogP contribution in [0.2, 0.25) is 25.7 Å². The van der Waals surface area contributed by atoms with Gasteiger partial charge in [0.25, 0.3) is 0 Å². The Morgan fingerprint density at radius 3 is 2.25 bits per heavy atom. The first kappa shape index (κ1) is 16.4. The summed E-state index contributed by atoms with van der Waals surface area (Å²) in [6, 6.07) is 9.22. The average molecular weight is 295 g/mol. The second-order valence-corrected chi connectivity index (χ2v) is 11.6. The van der Waals surface area contributed by atoms with Gasteiger partial charge in [-0.15, -0.1) is 0 Å². The Morgan fingerprint density at radius 1 is 1.25 bits per heavy atom. The number of aliphatic carboxylic acids is 1. The van der Waals surface area contributed by atoms with Crippen LogP contribution in [-0.4, -0.2) is 30.7 Å². The first-order valence-electron chi connectivity index (χ1n) is 6.38. The standard InChI is InChI=1S/C14H21NO4Si/c1-20(2,3)10-14(15,12(16)17)13(18)19-9-11-7-5-4-6-8-11/h4-8H,9-10,15H2,1-3H3,(H,16,17). The summed E-state index contributed by atoms with van der Waals surface area (Å²) in [6.07, 6.45) is 0. The van der Waals surface area contributed by atoms with E-state index in [4.69, 9.17) is 10.5 Å². The van der Waals surface area contributed by atoms with Gasteiger partial charge in [0.1, 0.15) is 6.61 Å². The summed E-state index contributed by atoms with van der Waals surface area (Å²) < 4.78 is 5.08. The van der Waals surface area contributed by atoms with Gasteiger partial charge >= 0.3 is 11.9 Å². The van der Waals surface area contributed by atoms with Gasteiger partial charge in [0.2, 0.25) is 5.54 Å². The van der Waals surface area contributed by atoms with E-state index in [1.54, 1.807) is 12.1 Å². The first-order valence-corrected chi connectivity index (χ1v) is 10.1. The highest BCUT2D eigenvalue weighted by molar-refractivity contribution is 6.77. The number of carbonyl (C=O) groups is 2. The highest BCUT2D eigenvalue weighted by atomic mass is 28.3. The summed E-state index contributed by atoms with van der Waals surface area (Å²) >= 11 is 0. The predicted octanol–water partition coefficient (Wildman–Crippen LogP) is 1.85. The van der Waals surface area contributed by atoms with Gasteiger partial charge in [-0.3, -0.25) is 0 Å². The van der Waals surface area contributed by atoms with Crippen LogP contribution in [0.15, 0.2) is 30.3 Å². The van der Waals surface area contributed by atoms with Crippen molar-refractivity contribution in [2.24, 2.45) is 5.73 Å². The van der Waals surface area contributed by atoms with Crippen molar-refractivity contribution < 1.29 is 19.4 Å². The Balaban J connectivity index is 2.77. The molecule has 1 rings (SSSR count). The number of nitrogens with two attached hydrogens (primary N) is 1. The van der Waals surface area contributed by atoms with Crippen LogP contribution < -0.4 is 5.73 Å². The number of rotatable bonds is 6. The van der Waals surface area contributed by atoms with Crippen molar-refractivity contribution in [3.05, 3.63) is 35.9 Å². The molecule has 6 heteroatoms. The lowest BCUT2D eigenvalue weighted by atomic mass is 10.1. The van der Waals surface area contributed by atoms with Gasteiger partial charge in [-0.1, -0.05) is 50.0 Å². The van der Waals surface area contributed by atoms with Crippen LogP contribution >= 0.6 is 0 Å². The summed E-state index contributed by atoms with van der Waals surface area (Å²) in [6.45, 7) is 5.91. The van der Waals surface area contributed by atoms with Crippen LogP contribution in [0.5, 0.6) is 0 Å². The molecule has 0 fully saturated rings. The lowest BCUT2D eigenvalue weighted by molar-refractivity contribution is -0.160. The predicted molar refractivity (Wildman–Crippen MR) is 78.9 cm³/mol. The smallest absolute Gasteiger partial charge is 0.337 e. The molecule has 1 aromatic carbocycles. The Bertz CT molecular complexity index is 484. The van der Waals surface area contributed by atoms with Crippen molar-refractivity contribution in [3.8, 4) is 0 Å². The van der Waals surface area contributed by atoms with Crippen molar-refractivity contribution in [3.63, 3.8) is 0 Å². The summed E-state index contributed by atoms with van der Waals surface area (Å²) in [5.74, 6) is -2.21. The monoisotopic (exact) mass is 295 g/mol. The number of carboxylic acids is 1. The molecular formula is C14H21NO4Si. The average Bonchev–Trinajstić information content (AvgIpc) is 2.34. The van der Waals surface area contributed by atoms with E-state index in [9.17, 15) is 14.7 Å². The summed E-state index contributed by atoms with van der Waals surface area (Å²) in [5, 5.41) is 9.26. The summed E-state index contributed by atoms with van der Waals surface area (Å²) in [4.78, 5) is 23.4. The van der Waals surface area contributed by atoms with Gasteiger partial charge in [0, 0.05) is 8.07 Å². The van der Waals surface area contributed by atoms with Crippen molar-refractivity contribution in [1.82, 2.24) is 0 Å². The van der Waals surface area contributed by atoms with Gasteiger partial charge in [-0.25, -0.2) is 9.59 Å². The lowest BCUT2D eigenvalue weighted by Gasteiger charge is -2.28. The van der Waals surface area contributed by atoms with Crippen molar-refractivity contribution >= 4 is 20.0 Å². The Kier molecular flexibility index (Phi) is 5.07. The SMILES string of the molecule is C[Si](C)(C)CC(N)(C(=O)O)C(=O)OCc1ccccc1. The molecule has 1 unspecified atom stereocenters. The number of ether oxygens (including phenoxy) is 1. The van der Waals surface area contributed by atoms with E-state index in [0.717, 1.165) is 5.56 Å². The zero-order valence-corrected chi connectivity index (χ0v) is 13.1. The quantitative estimate of drug-likeness (QED) is 0.475. The fourth-order valence-corrected chi connectivity index (χ4v) is 3.89. The first-order chi connectivity index (χ1) is 9.15. The molecule has 0 heterocycles. The molecule has 1 atom stereocenters. The largest absolute Gasteiger partial charge is 0.479 e. The van der Waals surface area contributed by atoms with E-state index in [2.05, 4.69) is 0 Å². The molecular weight excluding hydrogens is 274 g/mol. The summed E-state index contributed by atoms with van der Waals surface area (Å²) in [7, 11) is -1.83. The molecule has 5 nitrogen and oxygen atoms in total. The number of hydrogen-bond acceptors (Lipinski definition) is 4. The summed E-state index contributed by atoms with van der Waals surface area (Å²) in [5.41, 5.74) is 4.63. The van der Waals surface area contributed by atoms with Crippen LogP contribution in [0.4, 0.5) is 0 Å². The molecule has 110 valence electrons. The van der Waals surface area contributed by atoms with E-state index >= 15 is 0 Å². The molecule has 1 aromatic rings. The van der Waals surface area contributed by atoms with Gasteiger partial charge < -0.3 is 15.6 Å². The zero-order chi connectivity index (χ0) is 15.4. The molecule has 0 radical (unpaired) electrons. The van der Waals surface area contributed by atoms with E-state index < -0.39 is 25.6 Å². The minimum absolute atomic E-state index is 0.0254. The second kappa shape index (κ2) is 6.19. The fourth-order valence-electron chi connectivity index (χ4n) is 1.92. The van der Waals surface area contributed by atoms with Gasteiger partial charge in [0.15, 0.2) is 0 Å². The molecule has 0 aliphatic heterocycles. The molecule has 0 aromatic heterocycles. The lowest BCUT2D eigenvalue weighted by Crippen LogP contribution is -2.58. The Morgan fingerprint density at radius 2 is 1.80 bits per heavy atom. The van der Waals surface area contributed by atoms with E-state index in [1.165, 1.54) is 0 Å². The fraction of sp³-hybridized carbons (Fsp3) is 0.429. The van der Waals surface area contributed by atoms with Crippen LogP contribution in [0.1, 0.15) is 5.56 Å². The number of carboxylic acid groups (broad SMARTS) is 1. The molecule has 0 spiro atoms. The maximum Gasteiger partial charge on any atom is 0.337 e. The molecule has 0 bridgehead atoms. The minimum atomic E-state index is -1.96. The number of carbonyl (C=O) groups excluding carboxylic acids is 1. The molecule has 0 saturated carbocycles. The molecule has 0 aliphatic carbocycles. The highest BCUT2D eigenvalue weighted by Gasteiger charge is 2.47. The van der Waals surface area contributed by atoms with Crippen LogP contribution in [0.25, 0.3) is 0 Å². The third-order valence-electron chi connectivity index (χ3n) is 2.77.